The summed E-state index contributed by atoms with van der Waals surface area (Å²) < 4.78 is 0. The zero-order valence-corrected chi connectivity index (χ0v) is 19.2. The number of likely N-dealkylation sites (N-methyl/N-ethyl adjacent to an activating group) is 1. The molecule has 8 nitrogen and oxygen atoms in total. The Bertz CT molecular complexity index is 919. The normalized spacial score (nSPS) is 18.4. The van der Waals surface area contributed by atoms with Crippen LogP contribution in [0.15, 0.2) is 6.07 Å². The van der Waals surface area contributed by atoms with Gasteiger partial charge in [0, 0.05) is 37.0 Å². The van der Waals surface area contributed by atoms with Crippen LogP contribution in [0.1, 0.15) is 76.2 Å². The minimum absolute atomic E-state index is 0.174. The first-order valence-electron chi connectivity index (χ1n) is 11.8. The molecule has 31 heavy (non-hydrogen) atoms. The molecular weight excluding hydrogens is 390 g/mol. The number of carbonyl (C=O) groups is 1. The first-order chi connectivity index (χ1) is 15.0. The third kappa shape index (κ3) is 4.38. The van der Waals surface area contributed by atoms with Crippen LogP contribution < -0.4 is 10.2 Å². The Hall–Kier alpha value is -2.64. The molecule has 1 amide bonds. The Morgan fingerprint density at radius 3 is 2.71 bits per heavy atom. The van der Waals surface area contributed by atoms with Gasteiger partial charge in [0.15, 0.2) is 5.82 Å². The van der Waals surface area contributed by atoms with E-state index < -0.39 is 0 Å². The van der Waals surface area contributed by atoms with E-state index >= 15 is 0 Å². The largest absolute Gasteiger partial charge is 0.341 e. The van der Waals surface area contributed by atoms with Gasteiger partial charge in [-0.25, -0.2) is 4.98 Å². The summed E-state index contributed by atoms with van der Waals surface area (Å²) in [6, 6.07) is 1.87. The molecule has 0 aromatic carbocycles. The Labute approximate surface area is 184 Å². The molecule has 1 atom stereocenters. The van der Waals surface area contributed by atoms with E-state index in [2.05, 4.69) is 34.3 Å². The lowest BCUT2D eigenvalue weighted by atomic mass is 9.96. The fourth-order valence-corrected chi connectivity index (χ4v) is 4.64. The molecule has 2 N–H and O–H groups in total. The smallest absolute Gasteiger partial charge is 0.245 e. The van der Waals surface area contributed by atoms with Crippen molar-refractivity contribution in [3.05, 3.63) is 23.0 Å². The number of amides is 1. The highest BCUT2D eigenvalue weighted by Crippen LogP contribution is 2.32. The minimum Gasteiger partial charge on any atom is -0.341 e. The first-order valence-corrected chi connectivity index (χ1v) is 11.8. The van der Waals surface area contributed by atoms with Crippen molar-refractivity contribution in [2.45, 2.75) is 78.2 Å². The molecule has 0 radical (unpaired) electrons. The maximum Gasteiger partial charge on any atom is 0.245 e. The zero-order chi connectivity index (χ0) is 22.0. The summed E-state index contributed by atoms with van der Waals surface area (Å²) in [6.07, 6.45) is 6.06. The van der Waals surface area contributed by atoms with Gasteiger partial charge in [-0.1, -0.05) is 13.8 Å². The molecule has 3 heterocycles. The third-order valence-corrected chi connectivity index (χ3v) is 6.51. The highest BCUT2D eigenvalue weighted by molar-refractivity contribution is 5.85. The monoisotopic (exact) mass is 425 g/mol. The van der Waals surface area contributed by atoms with Crippen LogP contribution >= 0.6 is 0 Å². The maximum atomic E-state index is 13.1. The molecule has 0 spiro atoms. The van der Waals surface area contributed by atoms with E-state index in [4.69, 9.17) is 9.97 Å². The third-order valence-electron chi connectivity index (χ3n) is 6.51. The number of anilines is 3. The predicted molar refractivity (Wildman–Crippen MR) is 123 cm³/mol. The number of aromatic amines is 1. The number of carbonyl (C=O) groups excluding carboxylic acids is 1. The van der Waals surface area contributed by atoms with Gasteiger partial charge in [0.1, 0.15) is 11.9 Å². The van der Waals surface area contributed by atoms with Crippen molar-refractivity contribution in [2.24, 2.45) is 0 Å². The minimum atomic E-state index is -0.174. The molecule has 1 aliphatic heterocycles. The van der Waals surface area contributed by atoms with Crippen molar-refractivity contribution in [3.8, 4) is 0 Å². The Kier molecular flexibility index (Phi) is 6.43. The molecule has 8 heteroatoms. The molecule has 1 unspecified atom stereocenters. The summed E-state index contributed by atoms with van der Waals surface area (Å²) in [7, 11) is 0. The molecule has 168 valence electrons. The summed E-state index contributed by atoms with van der Waals surface area (Å²) in [5.74, 6) is 2.85. The van der Waals surface area contributed by atoms with Crippen molar-refractivity contribution in [2.75, 3.05) is 29.9 Å². The van der Waals surface area contributed by atoms with E-state index in [9.17, 15) is 4.79 Å². The number of nitrogens with zero attached hydrogens (tertiary/aromatic N) is 5. The van der Waals surface area contributed by atoms with Crippen LogP contribution in [0.4, 0.5) is 17.6 Å². The lowest BCUT2D eigenvalue weighted by Gasteiger charge is -2.30. The van der Waals surface area contributed by atoms with E-state index in [1.807, 2.05) is 24.8 Å². The average molecular weight is 426 g/mol. The number of hydrogen-bond donors (Lipinski definition) is 2. The molecule has 0 saturated carbocycles. The van der Waals surface area contributed by atoms with Gasteiger partial charge >= 0.3 is 0 Å². The quantitative estimate of drug-likeness (QED) is 0.702. The van der Waals surface area contributed by atoms with Crippen molar-refractivity contribution < 1.29 is 4.79 Å². The van der Waals surface area contributed by atoms with Gasteiger partial charge < -0.3 is 15.1 Å². The van der Waals surface area contributed by atoms with E-state index in [1.54, 1.807) is 0 Å². The lowest BCUT2D eigenvalue weighted by Crippen LogP contribution is -2.46. The number of H-pyrrole nitrogens is 1. The van der Waals surface area contributed by atoms with Crippen LogP contribution in [0, 0.1) is 0 Å². The van der Waals surface area contributed by atoms with Crippen LogP contribution in [0.2, 0.25) is 0 Å². The van der Waals surface area contributed by atoms with Gasteiger partial charge in [0.2, 0.25) is 11.9 Å². The van der Waals surface area contributed by atoms with Crippen molar-refractivity contribution in [1.82, 2.24) is 25.1 Å². The summed E-state index contributed by atoms with van der Waals surface area (Å²) in [5.41, 5.74) is 3.39. The molecule has 2 aliphatic rings. The summed E-state index contributed by atoms with van der Waals surface area (Å²) in [5, 5.41) is 11.0. The van der Waals surface area contributed by atoms with E-state index in [0.717, 1.165) is 81.2 Å². The van der Waals surface area contributed by atoms with Crippen LogP contribution in [0.5, 0.6) is 0 Å². The second kappa shape index (κ2) is 9.24. The van der Waals surface area contributed by atoms with E-state index in [0.29, 0.717) is 11.9 Å². The fourth-order valence-electron chi connectivity index (χ4n) is 4.64. The summed E-state index contributed by atoms with van der Waals surface area (Å²) in [6.45, 7) is 10.6. The van der Waals surface area contributed by atoms with Gasteiger partial charge in [-0.2, -0.15) is 10.1 Å². The molecule has 2 aromatic rings. The predicted octanol–water partition coefficient (Wildman–Crippen LogP) is 3.78. The van der Waals surface area contributed by atoms with Crippen molar-refractivity contribution >= 4 is 23.5 Å². The number of nitrogens with one attached hydrogen (secondary N) is 2. The Morgan fingerprint density at radius 2 is 2.00 bits per heavy atom. The molecule has 0 bridgehead atoms. The van der Waals surface area contributed by atoms with Crippen molar-refractivity contribution in [3.63, 3.8) is 0 Å². The van der Waals surface area contributed by atoms with Crippen molar-refractivity contribution in [1.29, 1.82) is 0 Å². The number of rotatable bonds is 7. The van der Waals surface area contributed by atoms with Gasteiger partial charge in [-0.15, -0.1) is 0 Å². The number of hydrogen-bond acceptors (Lipinski definition) is 6. The van der Waals surface area contributed by atoms with Crippen LogP contribution in [0.3, 0.4) is 0 Å². The summed E-state index contributed by atoms with van der Waals surface area (Å²) in [4.78, 5) is 27.0. The molecular formula is C23H35N7O. The molecule has 1 saturated heterocycles. The standard InChI is InChI=1S/C23H35N7O/c1-5-29(6-2)22(31)19-12-9-13-30(19)23-24-17-11-8-7-10-16(17)21(26-23)25-20-14-18(15(3)4)27-28-20/h14-15,19H,5-13H2,1-4H3,(H2,24,25,26,27,28). The first kappa shape index (κ1) is 21.6. The lowest BCUT2D eigenvalue weighted by molar-refractivity contribution is -0.132. The van der Waals surface area contributed by atoms with Crippen LogP contribution in [-0.4, -0.2) is 56.6 Å². The maximum absolute atomic E-state index is 13.1. The Balaban J connectivity index is 1.66. The number of fused-ring (bicyclic) bond motifs is 1. The average Bonchev–Trinajstić information content (AvgIpc) is 3.44. The molecule has 1 fully saturated rings. The number of aryl methyl sites for hydroxylation is 1. The molecule has 1 aliphatic carbocycles. The van der Waals surface area contributed by atoms with Gasteiger partial charge in [0.25, 0.3) is 0 Å². The fraction of sp³-hybridized carbons (Fsp3) is 0.652. The summed E-state index contributed by atoms with van der Waals surface area (Å²) >= 11 is 0. The molecule has 2 aromatic heterocycles. The topological polar surface area (TPSA) is 90.0 Å². The van der Waals surface area contributed by atoms with Gasteiger partial charge in [-0.3, -0.25) is 9.89 Å². The number of aromatic nitrogens is 4. The van der Waals surface area contributed by atoms with E-state index in [-0.39, 0.29) is 11.9 Å². The van der Waals surface area contributed by atoms with Crippen LogP contribution in [0.25, 0.3) is 0 Å². The van der Waals surface area contributed by atoms with Gasteiger partial charge in [-0.05, 0) is 58.3 Å². The second-order valence-corrected chi connectivity index (χ2v) is 8.85. The Morgan fingerprint density at radius 1 is 1.23 bits per heavy atom. The van der Waals surface area contributed by atoms with Gasteiger partial charge in [0.05, 0.1) is 5.69 Å². The van der Waals surface area contributed by atoms with Crippen LogP contribution in [-0.2, 0) is 17.6 Å². The SMILES string of the molecule is CCN(CC)C(=O)C1CCCN1c1nc2c(c(Nc3cc(C(C)C)[nH]n3)n1)CCCC2. The zero-order valence-electron chi connectivity index (χ0n) is 19.2. The highest BCUT2D eigenvalue weighted by atomic mass is 16.2. The molecule has 4 rings (SSSR count). The highest BCUT2D eigenvalue weighted by Gasteiger charge is 2.35. The second-order valence-electron chi connectivity index (χ2n) is 8.85. The van der Waals surface area contributed by atoms with E-state index in [1.165, 1.54) is 5.56 Å².